The van der Waals surface area contributed by atoms with Gasteiger partial charge in [-0.25, -0.2) is 4.79 Å². The molecule has 1 fully saturated rings. The molecule has 1 heterocycles. The summed E-state index contributed by atoms with van der Waals surface area (Å²) in [6.45, 7) is 2.65. The van der Waals surface area contributed by atoms with Crippen molar-refractivity contribution in [3.05, 3.63) is 59.1 Å². The van der Waals surface area contributed by atoms with Crippen LogP contribution >= 0.6 is 11.6 Å². The van der Waals surface area contributed by atoms with Crippen LogP contribution in [0.3, 0.4) is 0 Å². The summed E-state index contributed by atoms with van der Waals surface area (Å²) < 4.78 is 5.29. The largest absolute Gasteiger partial charge is 0.379 e. The number of anilines is 2. The zero-order valence-corrected chi connectivity index (χ0v) is 14.4. The molecule has 132 valence electrons. The van der Waals surface area contributed by atoms with Crippen LogP contribution in [0.5, 0.6) is 0 Å². The standard InChI is InChI=1S/C18H20ClN3O3/c19-14-2-1-3-16(12-14)21-18(24)20-15-6-4-13(5-7-15)17(23)22-8-10-25-11-9-22/h1-7,12,17,23H,8-11H2,(H2,20,21,24)/t17-/m1/s1. The monoisotopic (exact) mass is 361 g/mol. The maximum Gasteiger partial charge on any atom is 0.323 e. The topological polar surface area (TPSA) is 73.8 Å². The zero-order valence-electron chi connectivity index (χ0n) is 13.6. The summed E-state index contributed by atoms with van der Waals surface area (Å²) in [5, 5.41) is 16.4. The van der Waals surface area contributed by atoms with Gasteiger partial charge in [0.1, 0.15) is 6.23 Å². The van der Waals surface area contributed by atoms with E-state index in [2.05, 4.69) is 10.6 Å². The predicted octanol–water partition coefficient (Wildman–Crippen LogP) is 3.31. The summed E-state index contributed by atoms with van der Waals surface area (Å²) in [7, 11) is 0. The fourth-order valence-corrected chi connectivity index (χ4v) is 2.82. The van der Waals surface area contributed by atoms with Gasteiger partial charge in [-0.15, -0.1) is 0 Å². The van der Waals surface area contributed by atoms with Crippen LogP contribution < -0.4 is 10.6 Å². The summed E-state index contributed by atoms with van der Waals surface area (Å²) in [5.41, 5.74) is 2.03. The minimum atomic E-state index is -0.668. The highest BCUT2D eigenvalue weighted by atomic mass is 35.5. The summed E-state index contributed by atoms with van der Waals surface area (Å²) in [5.74, 6) is 0. The molecule has 1 atom stereocenters. The maximum atomic E-state index is 12.0. The van der Waals surface area contributed by atoms with Crippen molar-refractivity contribution in [2.75, 3.05) is 36.9 Å². The molecule has 6 nitrogen and oxygen atoms in total. The van der Waals surface area contributed by atoms with Crippen LogP contribution in [-0.4, -0.2) is 42.3 Å². The molecular formula is C18H20ClN3O3. The highest BCUT2D eigenvalue weighted by Crippen LogP contribution is 2.21. The molecule has 1 aliphatic heterocycles. The lowest BCUT2D eigenvalue weighted by atomic mass is 10.1. The molecule has 0 unspecified atom stereocenters. The molecule has 25 heavy (non-hydrogen) atoms. The van der Waals surface area contributed by atoms with Gasteiger partial charge in [-0.2, -0.15) is 0 Å². The number of hydrogen-bond donors (Lipinski definition) is 3. The normalized spacial score (nSPS) is 16.2. The first-order valence-electron chi connectivity index (χ1n) is 8.05. The number of aliphatic hydroxyl groups is 1. The third-order valence-corrected chi connectivity index (χ3v) is 4.18. The van der Waals surface area contributed by atoms with Gasteiger partial charge in [0.05, 0.1) is 13.2 Å². The van der Waals surface area contributed by atoms with E-state index in [-0.39, 0.29) is 6.03 Å². The van der Waals surface area contributed by atoms with Crippen LogP contribution in [0, 0.1) is 0 Å². The lowest BCUT2D eigenvalue weighted by molar-refractivity contribution is -0.0603. The molecule has 0 aliphatic carbocycles. The average molecular weight is 362 g/mol. The van der Waals surface area contributed by atoms with Gasteiger partial charge < -0.3 is 20.5 Å². The highest BCUT2D eigenvalue weighted by molar-refractivity contribution is 6.30. The van der Waals surface area contributed by atoms with E-state index in [4.69, 9.17) is 16.3 Å². The van der Waals surface area contributed by atoms with Crippen molar-refractivity contribution in [3.8, 4) is 0 Å². The van der Waals surface area contributed by atoms with E-state index >= 15 is 0 Å². The third-order valence-electron chi connectivity index (χ3n) is 3.94. The summed E-state index contributed by atoms with van der Waals surface area (Å²) >= 11 is 5.89. The quantitative estimate of drug-likeness (QED) is 0.781. The van der Waals surface area contributed by atoms with E-state index in [9.17, 15) is 9.90 Å². The molecule has 0 bridgehead atoms. The number of nitrogens with zero attached hydrogens (tertiary/aromatic N) is 1. The fraction of sp³-hybridized carbons (Fsp3) is 0.278. The fourth-order valence-electron chi connectivity index (χ4n) is 2.63. The van der Waals surface area contributed by atoms with Crippen LogP contribution in [0.15, 0.2) is 48.5 Å². The van der Waals surface area contributed by atoms with Crippen molar-refractivity contribution in [2.45, 2.75) is 6.23 Å². The molecule has 1 aliphatic rings. The predicted molar refractivity (Wildman–Crippen MR) is 97.9 cm³/mol. The summed E-state index contributed by atoms with van der Waals surface area (Å²) in [6.07, 6.45) is -0.668. The van der Waals surface area contributed by atoms with Crippen molar-refractivity contribution < 1.29 is 14.6 Å². The smallest absolute Gasteiger partial charge is 0.323 e. The Labute approximate surface area is 151 Å². The van der Waals surface area contributed by atoms with Crippen LogP contribution in [0.2, 0.25) is 5.02 Å². The second-order valence-corrected chi connectivity index (χ2v) is 6.17. The summed E-state index contributed by atoms with van der Waals surface area (Å²) in [6, 6.07) is 13.7. The van der Waals surface area contributed by atoms with Crippen molar-refractivity contribution in [2.24, 2.45) is 0 Å². The molecule has 2 aromatic rings. The first kappa shape index (κ1) is 17.7. The van der Waals surface area contributed by atoms with Crippen molar-refractivity contribution in [1.82, 2.24) is 4.90 Å². The number of carbonyl (C=O) groups excluding carboxylic acids is 1. The Kier molecular flexibility index (Phi) is 5.88. The first-order valence-corrected chi connectivity index (χ1v) is 8.43. The molecular weight excluding hydrogens is 342 g/mol. The second-order valence-electron chi connectivity index (χ2n) is 5.73. The van der Waals surface area contributed by atoms with E-state index in [1.807, 2.05) is 4.90 Å². The lowest BCUT2D eigenvalue weighted by Gasteiger charge is -2.31. The number of hydrogen-bond acceptors (Lipinski definition) is 4. The molecule has 3 N–H and O–H groups in total. The Morgan fingerprint density at radius 2 is 1.76 bits per heavy atom. The van der Waals surface area contributed by atoms with Crippen LogP contribution in [0.1, 0.15) is 11.8 Å². The van der Waals surface area contributed by atoms with Gasteiger partial charge in [0, 0.05) is 29.5 Å². The molecule has 0 saturated carbocycles. The number of amides is 2. The van der Waals surface area contributed by atoms with E-state index in [0.717, 1.165) is 5.56 Å². The SMILES string of the molecule is O=C(Nc1ccc([C@@H](O)N2CCOCC2)cc1)Nc1cccc(Cl)c1. The van der Waals surface area contributed by atoms with Crippen LogP contribution in [-0.2, 0) is 4.74 Å². The zero-order chi connectivity index (χ0) is 17.6. The van der Waals surface area contributed by atoms with Gasteiger partial charge in [-0.3, -0.25) is 4.90 Å². The van der Waals surface area contributed by atoms with Crippen molar-refractivity contribution in [3.63, 3.8) is 0 Å². The molecule has 0 spiro atoms. The number of carbonyl (C=O) groups is 1. The number of morpholine rings is 1. The third kappa shape index (κ3) is 4.93. The maximum absolute atomic E-state index is 12.0. The van der Waals surface area contributed by atoms with Crippen LogP contribution in [0.25, 0.3) is 0 Å². The Balaban J connectivity index is 1.57. The Bertz CT molecular complexity index is 718. The molecule has 1 saturated heterocycles. The van der Waals surface area contributed by atoms with E-state index in [0.29, 0.717) is 42.7 Å². The molecule has 7 heteroatoms. The van der Waals surface area contributed by atoms with Gasteiger partial charge in [0.2, 0.25) is 0 Å². The van der Waals surface area contributed by atoms with Crippen LogP contribution in [0.4, 0.5) is 16.2 Å². The first-order chi connectivity index (χ1) is 12.1. The number of nitrogens with one attached hydrogen (secondary N) is 2. The van der Waals surface area contributed by atoms with Gasteiger partial charge in [-0.1, -0.05) is 29.8 Å². The summed E-state index contributed by atoms with van der Waals surface area (Å²) in [4.78, 5) is 14.0. The lowest BCUT2D eigenvalue weighted by Crippen LogP contribution is -2.39. The Morgan fingerprint density at radius 3 is 2.44 bits per heavy atom. The minimum absolute atomic E-state index is 0.358. The highest BCUT2D eigenvalue weighted by Gasteiger charge is 2.20. The Morgan fingerprint density at radius 1 is 1.08 bits per heavy atom. The Hall–Kier alpha value is -2.12. The number of urea groups is 1. The van der Waals surface area contributed by atoms with E-state index in [1.54, 1.807) is 48.5 Å². The van der Waals surface area contributed by atoms with Crippen molar-refractivity contribution in [1.29, 1.82) is 0 Å². The number of halogens is 1. The van der Waals surface area contributed by atoms with E-state index in [1.165, 1.54) is 0 Å². The van der Waals surface area contributed by atoms with Gasteiger partial charge in [0.25, 0.3) is 0 Å². The number of rotatable bonds is 4. The van der Waals surface area contributed by atoms with Gasteiger partial charge in [0.15, 0.2) is 0 Å². The molecule has 3 rings (SSSR count). The number of benzene rings is 2. The van der Waals surface area contributed by atoms with Crippen molar-refractivity contribution >= 4 is 29.0 Å². The molecule has 0 aromatic heterocycles. The molecule has 2 amide bonds. The van der Waals surface area contributed by atoms with E-state index < -0.39 is 6.23 Å². The molecule has 0 radical (unpaired) electrons. The molecule has 2 aromatic carbocycles. The second kappa shape index (κ2) is 8.31. The van der Waals surface area contributed by atoms with Gasteiger partial charge >= 0.3 is 6.03 Å². The average Bonchev–Trinajstić information content (AvgIpc) is 2.62. The number of aliphatic hydroxyl groups excluding tert-OH is 1. The number of ether oxygens (including phenoxy) is 1. The van der Waals surface area contributed by atoms with Gasteiger partial charge in [-0.05, 0) is 35.9 Å². The minimum Gasteiger partial charge on any atom is -0.379 e.